The van der Waals surface area contributed by atoms with Crippen LogP contribution in [0.4, 0.5) is 4.79 Å². The second kappa shape index (κ2) is 9.16. The fourth-order valence-corrected chi connectivity index (χ4v) is 4.09. The summed E-state index contributed by atoms with van der Waals surface area (Å²) in [4.78, 5) is 30.9. The predicted molar refractivity (Wildman–Crippen MR) is 111 cm³/mol. The molecule has 0 unspecified atom stereocenters. The molecule has 0 atom stereocenters. The van der Waals surface area contributed by atoms with Crippen molar-refractivity contribution in [3.8, 4) is 11.3 Å². The van der Waals surface area contributed by atoms with E-state index in [4.69, 9.17) is 4.42 Å². The minimum atomic E-state index is 0.132. The van der Waals surface area contributed by atoms with Crippen molar-refractivity contribution in [3.63, 3.8) is 0 Å². The molecule has 0 bridgehead atoms. The topological polar surface area (TPSA) is 57.0 Å². The molecule has 0 saturated carbocycles. The number of carbonyl (C=O) groups is 2. The third-order valence-electron chi connectivity index (χ3n) is 5.83. The van der Waals surface area contributed by atoms with Crippen molar-refractivity contribution < 1.29 is 14.0 Å². The van der Waals surface area contributed by atoms with Gasteiger partial charge in [0.2, 0.25) is 5.91 Å². The summed E-state index contributed by atoms with van der Waals surface area (Å²) in [6, 6.07) is 14.0. The van der Waals surface area contributed by atoms with Gasteiger partial charge in [0, 0.05) is 57.7 Å². The average Bonchev–Trinajstić information content (AvgIpc) is 3.27. The quantitative estimate of drug-likeness (QED) is 0.794. The lowest BCUT2D eigenvalue weighted by Gasteiger charge is -2.38. The number of urea groups is 1. The Bertz CT molecular complexity index is 819. The summed E-state index contributed by atoms with van der Waals surface area (Å²) < 4.78 is 5.89. The van der Waals surface area contributed by atoms with Gasteiger partial charge in [-0.15, -0.1) is 0 Å². The van der Waals surface area contributed by atoms with E-state index in [1.807, 2.05) is 57.2 Å². The highest BCUT2D eigenvalue weighted by Crippen LogP contribution is 2.22. The Labute approximate surface area is 172 Å². The number of hydrogen-bond donors (Lipinski definition) is 0. The molecule has 0 spiro atoms. The first kappa shape index (κ1) is 19.6. The Morgan fingerprint density at radius 3 is 2.14 bits per heavy atom. The van der Waals surface area contributed by atoms with Crippen LogP contribution in [0.2, 0.25) is 0 Å². The maximum atomic E-state index is 12.6. The number of rotatable bonds is 4. The molecule has 0 N–H and O–H groups in total. The number of piperidine rings is 1. The number of carbonyl (C=O) groups excluding carboxylic acids is 2. The maximum Gasteiger partial charge on any atom is 0.320 e. The van der Waals surface area contributed by atoms with E-state index in [0.29, 0.717) is 39.0 Å². The van der Waals surface area contributed by atoms with Crippen molar-refractivity contribution in [1.82, 2.24) is 14.7 Å². The number of amides is 3. The van der Waals surface area contributed by atoms with Gasteiger partial charge in [0.25, 0.3) is 0 Å². The molecule has 2 aliphatic rings. The second-order valence-corrected chi connectivity index (χ2v) is 7.83. The summed E-state index contributed by atoms with van der Waals surface area (Å²) in [5.41, 5.74) is 1.04. The Hall–Kier alpha value is -2.76. The van der Waals surface area contributed by atoms with Gasteiger partial charge in [0.05, 0.1) is 0 Å². The summed E-state index contributed by atoms with van der Waals surface area (Å²) in [6.07, 6.45) is 4.45. The van der Waals surface area contributed by atoms with E-state index in [1.54, 1.807) is 0 Å². The molecule has 2 saturated heterocycles. The standard InChI is InChI=1S/C23H29N3O3/c27-22(12-10-20-9-11-21(29-20)19-7-3-1-4-8-19)24-15-17-26(18-16-24)23(28)25-13-5-2-6-14-25/h1,3-4,7-9,11H,2,5-6,10,12-18H2. The SMILES string of the molecule is O=C(CCc1ccc(-c2ccccc2)o1)N1CCN(C(=O)N2CCCCC2)CC1. The van der Waals surface area contributed by atoms with E-state index in [-0.39, 0.29) is 11.9 Å². The maximum absolute atomic E-state index is 12.6. The van der Waals surface area contributed by atoms with Crippen LogP contribution in [0.1, 0.15) is 31.4 Å². The van der Waals surface area contributed by atoms with Crippen molar-refractivity contribution in [3.05, 3.63) is 48.2 Å². The van der Waals surface area contributed by atoms with Gasteiger partial charge >= 0.3 is 6.03 Å². The van der Waals surface area contributed by atoms with Gasteiger partial charge in [-0.25, -0.2) is 4.79 Å². The largest absolute Gasteiger partial charge is 0.461 e. The molecule has 2 fully saturated rings. The lowest BCUT2D eigenvalue weighted by Crippen LogP contribution is -2.54. The van der Waals surface area contributed by atoms with Gasteiger partial charge in [-0.1, -0.05) is 30.3 Å². The third kappa shape index (κ3) is 4.81. The van der Waals surface area contributed by atoms with Gasteiger partial charge in [-0.05, 0) is 31.4 Å². The summed E-state index contributed by atoms with van der Waals surface area (Å²) in [5, 5.41) is 0. The van der Waals surface area contributed by atoms with Crippen LogP contribution in [0, 0.1) is 0 Å². The van der Waals surface area contributed by atoms with Crippen LogP contribution in [-0.4, -0.2) is 65.9 Å². The van der Waals surface area contributed by atoms with Crippen LogP contribution in [0.3, 0.4) is 0 Å². The normalized spacial score (nSPS) is 17.4. The van der Waals surface area contributed by atoms with Crippen LogP contribution in [-0.2, 0) is 11.2 Å². The van der Waals surface area contributed by atoms with Gasteiger partial charge in [-0.3, -0.25) is 4.79 Å². The highest BCUT2D eigenvalue weighted by Gasteiger charge is 2.27. The molecule has 1 aromatic carbocycles. The average molecular weight is 396 g/mol. The zero-order chi connectivity index (χ0) is 20.1. The fraction of sp³-hybridized carbons (Fsp3) is 0.478. The smallest absolute Gasteiger partial charge is 0.320 e. The van der Waals surface area contributed by atoms with Crippen molar-refractivity contribution in [2.24, 2.45) is 0 Å². The molecule has 6 nitrogen and oxygen atoms in total. The van der Waals surface area contributed by atoms with E-state index in [9.17, 15) is 9.59 Å². The van der Waals surface area contributed by atoms with Crippen molar-refractivity contribution in [2.75, 3.05) is 39.3 Å². The van der Waals surface area contributed by atoms with E-state index < -0.39 is 0 Å². The first-order valence-corrected chi connectivity index (χ1v) is 10.7. The molecule has 2 aliphatic heterocycles. The fourth-order valence-electron chi connectivity index (χ4n) is 4.09. The Balaban J connectivity index is 1.23. The monoisotopic (exact) mass is 395 g/mol. The van der Waals surface area contributed by atoms with E-state index in [0.717, 1.165) is 43.0 Å². The molecule has 1 aromatic heterocycles. The zero-order valence-electron chi connectivity index (χ0n) is 16.9. The number of furan rings is 1. The van der Waals surface area contributed by atoms with Gasteiger partial charge in [-0.2, -0.15) is 0 Å². The highest BCUT2D eigenvalue weighted by atomic mass is 16.3. The van der Waals surface area contributed by atoms with Crippen molar-refractivity contribution >= 4 is 11.9 Å². The third-order valence-corrected chi connectivity index (χ3v) is 5.83. The summed E-state index contributed by atoms with van der Waals surface area (Å²) >= 11 is 0. The van der Waals surface area contributed by atoms with Crippen molar-refractivity contribution in [1.29, 1.82) is 0 Å². The molecule has 0 aliphatic carbocycles. The van der Waals surface area contributed by atoms with Crippen molar-refractivity contribution in [2.45, 2.75) is 32.1 Å². The predicted octanol–water partition coefficient (Wildman–Crippen LogP) is 3.63. The molecule has 4 rings (SSSR count). The molecule has 2 aromatic rings. The lowest BCUT2D eigenvalue weighted by atomic mass is 10.1. The molecule has 3 heterocycles. The minimum absolute atomic E-state index is 0.132. The molecular weight excluding hydrogens is 366 g/mol. The Morgan fingerprint density at radius 2 is 1.41 bits per heavy atom. The zero-order valence-corrected chi connectivity index (χ0v) is 16.9. The van der Waals surface area contributed by atoms with E-state index in [1.165, 1.54) is 6.42 Å². The number of piperazine rings is 1. The van der Waals surface area contributed by atoms with E-state index in [2.05, 4.69) is 0 Å². The van der Waals surface area contributed by atoms with Crippen LogP contribution >= 0.6 is 0 Å². The molecule has 29 heavy (non-hydrogen) atoms. The van der Waals surface area contributed by atoms with E-state index >= 15 is 0 Å². The number of benzene rings is 1. The molecular formula is C23H29N3O3. The molecule has 3 amide bonds. The summed E-state index contributed by atoms with van der Waals surface area (Å²) in [5.74, 6) is 1.79. The van der Waals surface area contributed by atoms with Gasteiger partial charge < -0.3 is 19.1 Å². The first-order valence-electron chi connectivity index (χ1n) is 10.7. The molecule has 0 radical (unpaired) electrons. The van der Waals surface area contributed by atoms with Crippen LogP contribution in [0.15, 0.2) is 46.9 Å². The number of nitrogens with zero attached hydrogens (tertiary/aromatic N) is 3. The van der Waals surface area contributed by atoms with Crippen LogP contribution in [0.25, 0.3) is 11.3 Å². The Kier molecular flexibility index (Phi) is 6.17. The number of aryl methyl sites for hydroxylation is 1. The number of likely N-dealkylation sites (tertiary alicyclic amines) is 1. The minimum Gasteiger partial charge on any atom is -0.461 e. The Morgan fingerprint density at radius 1 is 0.759 bits per heavy atom. The lowest BCUT2D eigenvalue weighted by molar-refractivity contribution is -0.132. The molecule has 154 valence electrons. The molecule has 6 heteroatoms. The first-order chi connectivity index (χ1) is 14.2. The van der Waals surface area contributed by atoms with Crippen LogP contribution < -0.4 is 0 Å². The summed E-state index contributed by atoms with van der Waals surface area (Å²) in [6.45, 7) is 4.22. The van der Waals surface area contributed by atoms with Gasteiger partial charge in [0.1, 0.15) is 11.5 Å². The summed E-state index contributed by atoms with van der Waals surface area (Å²) in [7, 11) is 0. The second-order valence-electron chi connectivity index (χ2n) is 7.83. The number of hydrogen-bond acceptors (Lipinski definition) is 3. The highest BCUT2D eigenvalue weighted by molar-refractivity contribution is 5.78. The van der Waals surface area contributed by atoms with Crippen LogP contribution in [0.5, 0.6) is 0 Å². The van der Waals surface area contributed by atoms with Gasteiger partial charge in [0.15, 0.2) is 0 Å².